The summed E-state index contributed by atoms with van der Waals surface area (Å²) in [4.78, 5) is 17.0. The molecule has 0 aliphatic heterocycles. The van der Waals surface area contributed by atoms with E-state index < -0.39 is 5.97 Å². The van der Waals surface area contributed by atoms with Gasteiger partial charge in [0.05, 0.1) is 23.6 Å². The van der Waals surface area contributed by atoms with Gasteiger partial charge in [0.25, 0.3) is 0 Å². The van der Waals surface area contributed by atoms with Crippen LogP contribution < -0.4 is 10.6 Å². The van der Waals surface area contributed by atoms with Crippen LogP contribution in [0.2, 0.25) is 0 Å². The molecular formula is C12H15N5O2. The van der Waals surface area contributed by atoms with Crippen molar-refractivity contribution in [3.63, 3.8) is 0 Å². The smallest absolute Gasteiger partial charge is 0.337 e. The second-order valence-corrected chi connectivity index (χ2v) is 4.31. The number of hydrogen-bond donors (Lipinski definition) is 2. The molecule has 0 aromatic carbocycles. The number of carboxylic acids is 1. The molecule has 7 nitrogen and oxygen atoms in total. The molecule has 19 heavy (non-hydrogen) atoms. The van der Waals surface area contributed by atoms with E-state index in [1.807, 2.05) is 25.2 Å². The molecule has 7 heteroatoms. The Kier molecular flexibility index (Phi) is 3.37. The van der Waals surface area contributed by atoms with E-state index in [1.54, 1.807) is 10.9 Å². The van der Waals surface area contributed by atoms with E-state index >= 15 is 0 Å². The van der Waals surface area contributed by atoms with Gasteiger partial charge in [-0.15, -0.1) is 0 Å². The molecule has 0 aliphatic rings. The van der Waals surface area contributed by atoms with Gasteiger partial charge in [-0.05, 0) is 6.07 Å². The molecule has 0 saturated heterocycles. The van der Waals surface area contributed by atoms with Crippen LogP contribution in [-0.4, -0.2) is 32.9 Å². The molecule has 100 valence electrons. The molecule has 3 N–H and O–H groups in total. The van der Waals surface area contributed by atoms with Gasteiger partial charge in [-0.3, -0.25) is 4.68 Å². The van der Waals surface area contributed by atoms with Crippen molar-refractivity contribution < 1.29 is 9.90 Å². The van der Waals surface area contributed by atoms with E-state index in [4.69, 9.17) is 10.8 Å². The third kappa shape index (κ3) is 2.82. The Labute approximate surface area is 110 Å². The second-order valence-electron chi connectivity index (χ2n) is 4.31. The largest absolute Gasteiger partial charge is 0.478 e. The number of aryl methyl sites for hydroxylation is 1. The average molecular weight is 261 g/mol. The van der Waals surface area contributed by atoms with Crippen LogP contribution in [-0.2, 0) is 13.6 Å². The number of hydrogen-bond acceptors (Lipinski definition) is 5. The number of aromatic nitrogens is 3. The molecule has 2 aromatic heterocycles. The topological polar surface area (TPSA) is 97.3 Å². The fraction of sp³-hybridized carbons (Fsp3) is 0.250. The van der Waals surface area contributed by atoms with Crippen LogP contribution in [0.25, 0.3) is 0 Å². The third-order valence-corrected chi connectivity index (χ3v) is 2.72. The zero-order valence-electron chi connectivity index (χ0n) is 10.7. The van der Waals surface area contributed by atoms with Gasteiger partial charge in [-0.2, -0.15) is 5.10 Å². The minimum atomic E-state index is -1.06. The molecule has 0 amide bonds. The number of nitrogens with zero attached hydrogens (tertiary/aromatic N) is 4. The molecule has 0 aliphatic carbocycles. The molecule has 0 unspecified atom stereocenters. The summed E-state index contributed by atoms with van der Waals surface area (Å²) in [5.41, 5.74) is 6.80. The van der Waals surface area contributed by atoms with E-state index in [0.29, 0.717) is 12.4 Å². The van der Waals surface area contributed by atoms with Gasteiger partial charge in [-0.25, -0.2) is 9.78 Å². The van der Waals surface area contributed by atoms with Crippen LogP contribution in [0.3, 0.4) is 0 Å². The van der Waals surface area contributed by atoms with Crippen LogP contribution >= 0.6 is 0 Å². The van der Waals surface area contributed by atoms with Gasteiger partial charge in [0, 0.05) is 32.4 Å². The lowest BCUT2D eigenvalue weighted by Crippen LogP contribution is -2.18. The van der Waals surface area contributed by atoms with Gasteiger partial charge in [0.15, 0.2) is 0 Å². The Morgan fingerprint density at radius 1 is 1.53 bits per heavy atom. The highest BCUT2D eigenvalue weighted by molar-refractivity contribution is 5.94. The van der Waals surface area contributed by atoms with Crippen LogP contribution in [0.15, 0.2) is 24.7 Å². The highest BCUT2D eigenvalue weighted by Gasteiger charge is 2.12. The molecule has 0 radical (unpaired) electrons. The molecule has 0 saturated carbocycles. The SMILES string of the molecule is CN(Cc1cnn(C)c1)c1cc(C(=O)O)c(N)cn1. The van der Waals surface area contributed by atoms with E-state index in [1.165, 1.54) is 12.3 Å². The van der Waals surface area contributed by atoms with Crippen LogP contribution in [0.1, 0.15) is 15.9 Å². The highest BCUT2D eigenvalue weighted by atomic mass is 16.4. The average Bonchev–Trinajstić information content (AvgIpc) is 2.74. The minimum Gasteiger partial charge on any atom is -0.478 e. The molecule has 2 rings (SSSR count). The Balaban J connectivity index is 2.21. The molecule has 0 spiro atoms. The van der Waals surface area contributed by atoms with Crippen molar-refractivity contribution in [2.45, 2.75) is 6.54 Å². The molecule has 0 bridgehead atoms. The van der Waals surface area contributed by atoms with Crippen molar-refractivity contribution in [1.29, 1.82) is 0 Å². The second kappa shape index (κ2) is 4.97. The number of aromatic carboxylic acids is 1. The Morgan fingerprint density at radius 2 is 2.26 bits per heavy atom. The number of nitrogen functional groups attached to an aromatic ring is 1. The van der Waals surface area contributed by atoms with Crippen LogP contribution in [0.4, 0.5) is 11.5 Å². The summed E-state index contributed by atoms with van der Waals surface area (Å²) in [5.74, 6) is -0.508. The predicted octanol–water partition coefficient (Wildman–Crippen LogP) is 0.732. The molecular weight excluding hydrogens is 246 g/mol. The first-order valence-electron chi connectivity index (χ1n) is 5.65. The Hall–Kier alpha value is -2.57. The lowest BCUT2D eigenvalue weighted by Gasteiger charge is -2.17. The maximum Gasteiger partial charge on any atom is 0.337 e. The van der Waals surface area contributed by atoms with E-state index in [-0.39, 0.29) is 11.3 Å². The number of pyridine rings is 1. The quantitative estimate of drug-likeness (QED) is 0.842. The van der Waals surface area contributed by atoms with Gasteiger partial charge in [-0.1, -0.05) is 0 Å². The summed E-state index contributed by atoms with van der Waals surface area (Å²) in [7, 11) is 3.67. The zero-order chi connectivity index (χ0) is 14.0. The lowest BCUT2D eigenvalue weighted by atomic mass is 10.2. The lowest BCUT2D eigenvalue weighted by molar-refractivity contribution is 0.0698. The Bertz CT molecular complexity index is 608. The van der Waals surface area contributed by atoms with Gasteiger partial charge in [0.2, 0.25) is 0 Å². The number of carbonyl (C=O) groups is 1. The fourth-order valence-electron chi connectivity index (χ4n) is 1.76. The summed E-state index contributed by atoms with van der Waals surface area (Å²) >= 11 is 0. The first-order valence-corrected chi connectivity index (χ1v) is 5.65. The normalized spacial score (nSPS) is 10.4. The number of nitrogens with two attached hydrogens (primary N) is 1. The van der Waals surface area contributed by atoms with Gasteiger partial charge >= 0.3 is 5.97 Å². The van der Waals surface area contributed by atoms with E-state index in [9.17, 15) is 4.79 Å². The van der Waals surface area contributed by atoms with Crippen molar-refractivity contribution in [3.05, 3.63) is 35.8 Å². The predicted molar refractivity (Wildman–Crippen MR) is 70.9 cm³/mol. The van der Waals surface area contributed by atoms with Crippen LogP contribution in [0.5, 0.6) is 0 Å². The van der Waals surface area contributed by atoms with Gasteiger partial charge in [0.1, 0.15) is 5.82 Å². The zero-order valence-corrected chi connectivity index (χ0v) is 10.7. The summed E-state index contributed by atoms with van der Waals surface area (Å²) in [5, 5.41) is 13.1. The number of rotatable bonds is 4. The Morgan fingerprint density at radius 3 is 2.84 bits per heavy atom. The van der Waals surface area contributed by atoms with Crippen molar-refractivity contribution in [3.8, 4) is 0 Å². The standard InChI is InChI=1S/C12H15N5O2/c1-16(6-8-4-15-17(2)7-8)11-3-9(12(18)19)10(13)5-14-11/h3-5,7H,6,13H2,1-2H3,(H,18,19). The summed E-state index contributed by atoms with van der Waals surface area (Å²) in [6.45, 7) is 0.587. The third-order valence-electron chi connectivity index (χ3n) is 2.72. The van der Waals surface area contributed by atoms with E-state index in [0.717, 1.165) is 5.56 Å². The first kappa shape index (κ1) is 12.9. The molecule has 0 fully saturated rings. The van der Waals surface area contributed by atoms with Crippen molar-refractivity contribution in [2.75, 3.05) is 17.7 Å². The first-order chi connectivity index (χ1) is 8.97. The van der Waals surface area contributed by atoms with Crippen molar-refractivity contribution in [2.24, 2.45) is 7.05 Å². The molecule has 2 aromatic rings. The monoisotopic (exact) mass is 261 g/mol. The fourth-order valence-corrected chi connectivity index (χ4v) is 1.76. The highest BCUT2D eigenvalue weighted by Crippen LogP contribution is 2.18. The van der Waals surface area contributed by atoms with E-state index in [2.05, 4.69) is 10.1 Å². The molecule has 2 heterocycles. The van der Waals surface area contributed by atoms with Crippen molar-refractivity contribution in [1.82, 2.24) is 14.8 Å². The number of anilines is 2. The minimum absolute atomic E-state index is 0.0584. The maximum absolute atomic E-state index is 11.0. The molecule has 0 atom stereocenters. The maximum atomic E-state index is 11.0. The summed E-state index contributed by atoms with van der Waals surface area (Å²) in [6.07, 6.45) is 5.01. The van der Waals surface area contributed by atoms with Gasteiger partial charge < -0.3 is 15.7 Å². The van der Waals surface area contributed by atoms with Crippen molar-refractivity contribution >= 4 is 17.5 Å². The number of carboxylic acid groups (broad SMARTS) is 1. The van der Waals surface area contributed by atoms with Crippen LogP contribution in [0, 0.1) is 0 Å². The summed E-state index contributed by atoms with van der Waals surface area (Å²) < 4.78 is 1.71. The summed E-state index contributed by atoms with van der Waals surface area (Å²) in [6, 6.07) is 1.47.